The van der Waals surface area contributed by atoms with E-state index < -0.39 is 0 Å². The summed E-state index contributed by atoms with van der Waals surface area (Å²) in [7, 11) is 0. The van der Waals surface area contributed by atoms with Crippen molar-refractivity contribution in [2.45, 2.75) is 44.8 Å². The van der Waals surface area contributed by atoms with Gasteiger partial charge in [0.15, 0.2) is 0 Å². The van der Waals surface area contributed by atoms with E-state index in [1.807, 2.05) is 6.08 Å². The lowest BCUT2D eigenvalue weighted by Gasteiger charge is -2.37. The Morgan fingerprint density at radius 3 is 3.00 bits per heavy atom. The monoisotopic (exact) mass is 196 g/mol. The quantitative estimate of drug-likeness (QED) is 0.602. The minimum atomic E-state index is -0.203. The molecule has 1 heterocycles. The Morgan fingerprint density at radius 1 is 1.43 bits per heavy atom. The summed E-state index contributed by atoms with van der Waals surface area (Å²) in [5.74, 6) is 0.170. The molecule has 1 saturated carbocycles. The minimum Gasteiger partial charge on any atom is -0.498 e. The van der Waals surface area contributed by atoms with Crippen molar-refractivity contribution >= 4 is 5.97 Å². The maximum atomic E-state index is 10.9. The fourth-order valence-corrected chi connectivity index (χ4v) is 2.36. The molecule has 1 aliphatic carbocycles. The summed E-state index contributed by atoms with van der Waals surface area (Å²) in [6.45, 7) is 1.46. The van der Waals surface area contributed by atoms with Crippen molar-refractivity contribution in [1.82, 2.24) is 0 Å². The third-order valence-electron chi connectivity index (χ3n) is 3.00. The molecule has 2 aliphatic rings. The van der Waals surface area contributed by atoms with Crippen molar-refractivity contribution in [3.05, 3.63) is 12.3 Å². The molecule has 0 aromatic carbocycles. The van der Waals surface area contributed by atoms with Crippen LogP contribution in [0.25, 0.3) is 0 Å². The second-order valence-corrected chi connectivity index (χ2v) is 4.03. The molecule has 0 amide bonds. The number of carbonyl (C=O) groups is 1. The Labute approximate surface area is 84.1 Å². The van der Waals surface area contributed by atoms with E-state index in [9.17, 15) is 4.79 Å². The van der Waals surface area contributed by atoms with Gasteiger partial charge in [0.2, 0.25) is 0 Å². The van der Waals surface area contributed by atoms with Gasteiger partial charge in [-0.05, 0) is 25.3 Å². The highest BCUT2D eigenvalue weighted by Gasteiger charge is 2.35. The molecule has 0 aromatic rings. The summed E-state index contributed by atoms with van der Waals surface area (Å²) in [5, 5.41) is 0. The topological polar surface area (TPSA) is 35.5 Å². The first-order chi connectivity index (χ1) is 6.77. The smallest absolute Gasteiger partial charge is 0.303 e. The zero-order valence-electron chi connectivity index (χ0n) is 8.44. The number of esters is 1. The van der Waals surface area contributed by atoms with Crippen molar-refractivity contribution in [3.63, 3.8) is 0 Å². The molecule has 0 aromatic heterocycles. The molecule has 14 heavy (non-hydrogen) atoms. The molecular weight excluding hydrogens is 180 g/mol. The van der Waals surface area contributed by atoms with Crippen LogP contribution >= 0.6 is 0 Å². The highest BCUT2D eigenvalue weighted by Crippen LogP contribution is 2.33. The van der Waals surface area contributed by atoms with E-state index in [0.29, 0.717) is 5.92 Å². The molecule has 3 nitrogen and oxygen atoms in total. The van der Waals surface area contributed by atoms with Gasteiger partial charge in [0, 0.05) is 12.8 Å². The first-order valence-electron chi connectivity index (χ1n) is 5.27. The molecule has 1 fully saturated rings. The van der Waals surface area contributed by atoms with Gasteiger partial charge >= 0.3 is 5.97 Å². The Hall–Kier alpha value is -0.990. The summed E-state index contributed by atoms with van der Waals surface area (Å²) < 4.78 is 10.8. The average molecular weight is 196 g/mol. The summed E-state index contributed by atoms with van der Waals surface area (Å²) >= 11 is 0. The highest BCUT2D eigenvalue weighted by molar-refractivity contribution is 5.66. The molecule has 0 N–H and O–H groups in total. The number of carbonyl (C=O) groups excluding carboxylic acids is 1. The summed E-state index contributed by atoms with van der Waals surface area (Å²) in [4.78, 5) is 10.9. The zero-order valence-corrected chi connectivity index (χ0v) is 8.44. The molecule has 3 heteroatoms. The van der Waals surface area contributed by atoms with Crippen LogP contribution in [0.2, 0.25) is 0 Å². The maximum Gasteiger partial charge on any atom is 0.303 e. The van der Waals surface area contributed by atoms with Crippen LogP contribution in [0.15, 0.2) is 12.3 Å². The average Bonchev–Trinajstić information content (AvgIpc) is 2.18. The third kappa shape index (κ3) is 1.91. The molecule has 2 rings (SSSR count). The van der Waals surface area contributed by atoms with Crippen LogP contribution in [0.4, 0.5) is 0 Å². The number of hydrogen-bond donors (Lipinski definition) is 0. The molecule has 1 aliphatic heterocycles. The van der Waals surface area contributed by atoms with Crippen LogP contribution in [0.1, 0.15) is 32.6 Å². The van der Waals surface area contributed by atoms with Crippen molar-refractivity contribution < 1.29 is 14.3 Å². The SMILES string of the molecule is CC(=O)OC1C=CO[C@@H]2CCCC[C@@H]12. The van der Waals surface area contributed by atoms with Crippen molar-refractivity contribution in [3.8, 4) is 0 Å². The molecule has 0 radical (unpaired) electrons. The van der Waals surface area contributed by atoms with Gasteiger partial charge in [0.05, 0.1) is 6.26 Å². The van der Waals surface area contributed by atoms with E-state index >= 15 is 0 Å². The van der Waals surface area contributed by atoms with Crippen molar-refractivity contribution in [2.24, 2.45) is 5.92 Å². The largest absolute Gasteiger partial charge is 0.498 e. The lowest BCUT2D eigenvalue weighted by Crippen LogP contribution is -2.39. The van der Waals surface area contributed by atoms with Crippen molar-refractivity contribution in [2.75, 3.05) is 0 Å². The molecular formula is C11H16O3. The van der Waals surface area contributed by atoms with Gasteiger partial charge in [-0.3, -0.25) is 4.79 Å². The van der Waals surface area contributed by atoms with Crippen LogP contribution in [0.3, 0.4) is 0 Å². The second kappa shape index (κ2) is 4.03. The summed E-state index contributed by atoms with van der Waals surface area (Å²) in [5.41, 5.74) is 0. The first kappa shape index (κ1) is 9.56. The fourth-order valence-electron chi connectivity index (χ4n) is 2.36. The predicted molar refractivity (Wildman–Crippen MR) is 51.5 cm³/mol. The number of hydrogen-bond acceptors (Lipinski definition) is 3. The van der Waals surface area contributed by atoms with E-state index in [1.54, 1.807) is 6.26 Å². The molecule has 1 unspecified atom stereocenters. The van der Waals surface area contributed by atoms with Gasteiger partial charge in [0.1, 0.15) is 12.2 Å². The predicted octanol–water partition coefficient (Wildman–Crippen LogP) is 2.02. The minimum absolute atomic E-state index is 0.0634. The molecule has 3 atom stereocenters. The van der Waals surface area contributed by atoms with Crippen molar-refractivity contribution in [1.29, 1.82) is 0 Å². The van der Waals surface area contributed by atoms with Crippen LogP contribution in [-0.4, -0.2) is 18.2 Å². The van der Waals surface area contributed by atoms with E-state index in [4.69, 9.17) is 9.47 Å². The number of ether oxygens (including phenoxy) is 2. The van der Waals surface area contributed by atoms with Crippen LogP contribution < -0.4 is 0 Å². The van der Waals surface area contributed by atoms with Gasteiger partial charge in [0.25, 0.3) is 0 Å². The second-order valence-electron chi connectivity index (χ2n) is 4.03. The van der Waals surface area contributed by atoms with E-state index in [1.165, 1.54) is 19.8 Å². The zero-order chi connectivity index (χ0) is 9.97. The Bertz CT molecular complexity index is 247. The Morgan fingerprint density at radius 2 is 2.21 bits per heavy atom. The van der Waals surface area contributed by atoms with E-state index in [0.717, 1.165) is 12.8 Å². The van der Waals surface area contributed by atoms with E-state index in [2.05, 4.69) is 0 Å². The Kier molecular flexibility index (Phi) is 2.75. The number of fused-ring (bicyclic) bond motifs is 1. The maximum absolute atomic E-state index is 10.9. The van der Waals surface area contributed by atoms with E-state index in [-0.39, 0.29) is 18.2 Å². The van der Waals surface area contributed by atoms with Crippen LogP contribution in [0, 0.1) is 5.92 Å². The standard InChI is InChI=1S/C11H16O3/c1-8(12)14-11-6-7-13-10-5-3-2-4-9(10)11/h6-7,9-11H,2-5H2,1H3/t9-,10-,11?/m1/s1. The lowest BCUT2D eigenvalue weighted by molar-refractivity contribution is -0.150. The Balaban J connectivity index is 2.04. The van der Waals surface area contributed by atoms with Gasteiger partial charge in [-0.2, -0.15) is 0 Å². The molecule has 0 bridgehead atoms. The summed E-state index contributed by atoms with van der Waals surface area (Å²) in [6.07, 6.45) is 8.37. The van der Waals surface area contributed by atoms with Crippen LogP contribution in [0.5, 0.6) is 0 Å². The first-order valence-corrected chi connectivity index (χ1v) is 5.27. The van der Waals surface area contributed by atoms with Gasteiger partial charge in [-0.1, -0.05) is 6.42 Å². The van der Waals surface area contributed by atoms with Gasteiger partial charge < -0.3 is 9.47 Å². The van der Waals surface area contributed by atoms with Gasteiger partial charge in [-0.15, -0.1) is 0 Å². The normalized spacial score (nSPS) is 35.6. The van der Waals surface area contributed by atoms with Gasteiger partial charge in [-0.25, -0.2) is 0 Å². The fraction of sp³-hybridized carbons (Fsp3) is 0.727. The summed E-state index contributed by atoms with van der Waals surface area (Å²) in [6, 6.07) is 0. The molecule has 0 spiro atoms. The lowest BCUT2D eigenvalue weighted by atomic mass is 9.81. The third-order valence-corrected chi connectivity index (χ3v) is 3.00. The highest BCUT2D eigenvalue weighted by atomic mass is 16.5. The number of rotatable bonds is 1. The molecule has 78 valence electrons. The van der Waals surface area contributed by atoms with Crippen LogP contribution in [-0.2, 0) is 14.3 Å². The molecule has 0 saturated heterocycles.